The second-order valence-corrected chi connectivity index (χ2v) is 7.96. The molecule has 0 radical (unpaired) electrons. The first-order valence-corrected chi connectivity index (χ1v) is 10.7. The van der Waals surface area contributed by atoms with Crippen LogP contribution in [-0.2, 0) is 10.5 Å². The highest BCUT2D eigenvalue weighted by Crippen LogP contribution is 2.25. The standard InChI is InChI=1S/C24H25NO3S/c1-16(19-9-8-18-6-4-5-7-21(18)12-19)25-24(27)15-29-14-22-13-20(17(2)26)10-11-23(22)28-3/h4-13,16H,14-15H2,1-3H3,(H,25,27)/t16-/m0/s1. The van der Waals surface area contributed by atoms with Crippen LogP contribution in [0.4, 0.5) is 0 Å². The Kier molecular flexibility index (Phi) is 6.94. The lowest BCUT2D eigenvalue weighted by molar-refractivity contribution is -0.119. The summed E-state index contributed by atoms with van der Waals surface area (Å²) in [6.45, 7) is 3.53. The molecule has 0 bridgehead atoms. The van der Waals surface area contributed by atoms with Gasteiger partial charge in [-0.3, -0.25) is 9.59 Å². The average Bonchev–Trinajstić information content (AvgIpc) is 2.73. The molecule has 1 atom stereocenters. The van der Waals surface area contributed by atoms with Gasteiger partial charge in [0, 0.05) is 16.9 Å². The summed E-state index contributed by atoms with van der Waals surface area (Å²) in [7, 11) is 1.61. The molecule has 0 aliphatic carbocycles. The first-order valence-electron chi connectivity index (χ1n) is 9.51. The molecule has 0 heterocycles. The number of ether oxygens (including phenoxy) is 1. The number of benzene rings is 3. The third-order valence-corrected chi connectivity index (χ3v) is 5.81. The SMILES string of the molecule is COc1ccc(C(C)=O)cc1CSCC(=O)N[C@@H](C)c1ccc2ccccc2c1. The van der Waals surface area contributed by atoms with Gasteiger partial charge in [-0.1, -0.05) is 36.4 Å². The summed E-state index contributed by atoms with van der Waals surface area (Å²) in [5.74, 6) is 1.67. The minimum atomic E-state index is -0.0664. The molecule has 3 aromatic carbocycles. The van der Waals surface area contributed by atoms with Crippen LogP contribution in [0.5, 0.6) is 5.75 Å². The maximum absolute atomic E-state index is 12.4. The summed E-state index contributed by atoms with van der Waals surface area (Å²) in [6.07, 6.45) is 0. The molecule has 150 valence electrons. The van der Waals surface area contributed by atoms with Gasteiger partial charge in [-0.15, -0.1) is 11.8 Å². The van der Waals surface area contributed by atoms with Crippen LogP contribution in [0, 0.1) is 0 Å². The average molecular weight is 408 g/mol. The smallest absolute Gasteiger partial charge is 0.230 e. The molecule has 0 saturated heterocycles. The number of fused-ring (bicyclic) bond motifs is 1. The van der Waals surface area contributed by atoms with E-state index < -0.39 is 0 Å². The van der Waals surface area contributed by atoms with Gasteiger partial charge < -0.3 is 10.1 Å². The number of nitrogens with one attached hydrogen (secondary N) is 1. The van der Waals surface area contributed by atoms with E-state index in [1.54, 1.807) is 26.2 Å². The van der Waals surface area contributed by atoms with E-state index in [0.29, 0.717) is 17.1 Å². The number of Topliss-reactive ketones (excluding diaryl/α,β-unsaturated/α-hetero) is 1. The van der Waals surface area contributed by atoms with Crippen LogP contribution in [0.2, 0.25) is 0 Å². The lowest BCUT2D eigenvalue weighted by Crippen LogP contribution is -2.28. The molecular formula is C24H25NO3S. The predicted octanol–water partition coefficient (Wildman–Crippen LogP) is 5.16. The van der Waals surface area contributed by atoms with E-state index in [9.17, 15) is 9.59 Å². The topological polar surface area (TPSA) is 55.4 Å². The van der Waals surface area contributed by atoms with Gasteiger partial charge in [0.15, 0.2) is 5.78 Å². The summed E-state index contributed by atoms with van der Waals surface area (Å²) in [5.41, 5.74) is 2.65. The van der Waals surface area contributed by atoms with Crippen molar-refractivity contribution in [2.45, 2.75) is 25.6 Å². The monoisotopic (exact) mass is 407 g/mol. The summed E-state index contributed by atoms with van der Waals surface area (Å²) in [4.78, 5) is 24.0. The Labute approximate surface area is 175 Å². The Morgan fingerprint density at radius 1 is 1.03 bits per heavy atom. The van der Waals surface area contributed by atoms with E-state index >= 15 is 0 Å². The van der Waals surface area contributed by atoms with Gasteiger partial charge in [-0.25, -0.2) is 0 Å². The van der Waals surface area contributed by atoms with Crippen LogP contribution < -0.4 is 10.1 Å². The number of carbonyl (C=O) groups excluding carboxylic acids is 2. The van der Waals surface area contributed by atoms with Crippen molar-refractivity contribution < 1.29 is 14.3 Å². The second-order valence-electron chi connectivity index (χ2n) is 6.97. The molecule has 4 nitrogen and oxygen atoms in total. The Morgan fingerprint density at radius 2 is 1.79 bits per heavy atom. The van der Waals surface area contributed by atoms with Gasteiger partial charge in [0.2, 0.25) is 5.91 Å². The van der Waals surface area contributed by atoms with Gasteiger partial charge in [0.05, 0.1) is 18.9 Å². The zero-order valence-electron chi connectivity index (χ0n) is 16.9. The number of methoxy groups -OCH3 is 1. The number of amides is 1. The molecule has 1 N–H and O–H groups in total. The molecule has 0 spiro atoms. The van der Waals surface area contributed by atoms with Crippen LogP contribution in [0.1, 0.15) is 41.4 Å². The van der Waals surface area contributed by atoms with Gasteiger partial charge in [-0.2, -0.15) is 0 Å². The largest absolute Gasteiger partial charge is 0.496 e. The summed E-state index contributed by atoms with van der Waals surface area (Å²) < 4.78 is 5.37. The van der Waals surface area contributed by atoms with Gasteiger partial charge in [0.1, 0.15) is 5.75 Å². The molecule has 5 heteroatoms. The first-order chi connectivity index (χ1) is 14.0. The number of carbonyl (C=O) groups is 2. The lowest BCUT2D eigenvalue weighted by Gasteiger charge is -2.15. The van der Waals surface area contributed by atoms with Crippen molar-refractivity contribution in [2.24, 2.45) is 0 Å². The van der Waals surface area contributed by atoms with Crippen LogP contribution in [0.15, 0.2) is 60.7 Å². The first kappa shape index (κ1) is 20.9. The summed E-state index contributed by atoms with van der Waals surface area (Å²) in [6, 6.07) is 19.8. The van der Waals surface area contributed by atoms with Crippen molar-refractivity contribution in [3.8, 4) is 5.75 Å². The lowest BCUT2D eigenvalue weighted by atomic mass is 10.0. The van der Waals surface area contributed by atoms with Crippen LogP contribution in [0.25, 0.3) is 10.8 Å². The molecule has 0 saturated carbocycles. The minimum absolute atomic E-state index is 0.0147. The van der Waals surface area contributed by atoms with E-state index in [1.165, 1.54) is 17.1 Å². The van der Waals surface area contributed by atoms with Crippen LogP contribution in [0.3, 0.4) is 0 Å². The fourth-order valence-electron chi connectivity index (χ4n) is 3.21. The maximum atomic E-state index is 12.4. The molecule has 29 heavy (non-hydrogen) atoms. The number of hydrogen-bond acceptors (Lipinski definition) is 4. The van der Waals surface area contributed by atoms with Gasteiger partial charge >= 0.3 is 0 Å². The van der Waals surface area contributed by atoms with Gasteiger partial charge in [-0.05, 0) is 54.4 Å². The van der Waals surface area contributed by atoms with E-state index in [4.69, 9.17) is 4.74 Å². The third kappa shape index (κ3) is 5.39. The molecule has 0 aliphatic heterocycles. The van der Waals surface area contributed by atoms with Crippen molar-refractivity contribution in [1.82, 2.24) is 5.32 Å². The van der Waals surface area contributed by atoms with Crippen molar-refractivity contribution in [2.75, 3.05) is 12.9 Å². The maximum Gasteiger partial charge on any atom is 0.230 e. The van der Waals surface area contributed by atoms with E-state index in [1.807, 2.05) is 25.1 Å². The Hall–Kier alpha value is -2.79. The zero-order valence-corrected chi connectivity index (χ0v) is 17.7. The van der Waals surface area contributed by atoms with Crippen LogP contribution >= 0.6 is 11.8 Å². The Balaban J connectivity index is 1.57. The molecule has 3 rings (SSSR count). The zero-order chi connectivity index (χ0) is 20.8. The van der Waals surface area contributed by atoms with E-state index in [2.05, 4.69) is 35.6 Å². The molecule has 3 aromatic rings. The highest BCUT2D eigenvalue weighted by molar-refractivity contribution is 7.99. The molecular weight excluding hydrogens is 382 g/mol. The summed E-state index contributed by atoms with van der Waals surface area (Å²) in [5, 5.41) is 5.41. The number of rotatable bonds is 8. The number of thioether (sulfide) groups is 1. The molecule has 0 aliphatic rings. The summed E-state index contributed by atoms with van der Waals surface area (Å²) >= 11 is 1.50. The van der Waals surface area contributed by atoms with E-state index in [0.717, 1.165) is 22.3 Å². The fourth-order valence-corrected chi connectivity index (χ4v) is 4.02. The Morgan fingerprint density at radius 3 is 2.52 bits per heavy atom. The third-order valence-electron chi connectivity index (χ3n) is 4.83. The van der Waals surface area contributed by atoms with E-state index in [-0.39, 0.29) is 17.7 Å². The fraction of sp³-hybridized carbons (Fsp3) is 0.250. The molecule has 0 aromatic heterocycles. The van der Waals surface area contributed by atoms with Crippen molar-refractivity contribution in [3.05, 3.63) is 77.4 Å². The normalized spacial score (nSPS) is 11.8. The van der Waals surface area contributed by atoms with Crippen molar-refractivity contribution in [1.29, 1.82) is 0 Å². The number of hydrogen-bond donors (Lipinski definition) is 1. The molecule has 0 unspecified atom stereocenters. The number of ketones is 1. The van der Waals surface area contributed by atoms with Crippen molar-refractivity contribution >= 4 is 34.2 Å². The molecule has 1 amide bonds. The second kappa shape index (κ2) is 9.61. The van der Waals surface area contributed by atoms with Crippen LogP contribution in [-0.4, -0.2) is 24.6 Å². The van der Waals surface area contributed by atoms with Crippen molar-refractivity contribution in [3.63, 3.8) is 0 Å². The predicted molar refractivity (Wildman–Crippen MR) is 120 cm³/mol. The Bertz CT molecular complexity index is 1030. The highest BCUT2D eigenvalue weighted by Gasteiger charge is 2.12. The quantitative estimate of drug-likeness (QED) is 0.524. The van der Waals surface area contributed by atoms with Gasteiger partial charge in [0.25, 0.3) is 0 Å². The minimum Gasteiger partial charge on any atom is -0.496 e. The molecule has 0 fully saturated rings. The highest BCUT2D eigenvalue weighted by atomic mass is 32.2.